The highest BCUT2D eigenvalue weighted by atomic mass is 16.5. The molecule has 1 aromatic carbocycles. The fraction of sp³-hybridized carbons (Fsp3) is 0.368. The van der Waals surface area contributed by atoms with Gasteiger partial charge in [0.15, 0.2) is 0 Å². The Labute approximate surface area is 136 Å². The number of carbonyl (C=O) groups excluding carboxylic acids is 1. The average Bonchev–Trinajstić information content (AvgIpc) is 2.53. The van der Waals surface area contributed by atoms with E-state index in [-0.39, 0.29) is 17.6 Å². The fourth-order valence-electron chi connectivity index (χ4n) is 3.00. The molecule has 4 nitrogen and oxygen atoms in total. The molecule has 1 aliphatic heterocycles. The van der Waals surface area contributed by atoms with Crippen molar-refractivity contribution >= 4 is 5.91 Å². The molecule has 120 valence electrons. The lowest BCUT2D eigenvalue weighted by atomic mass is 9.89. The van der Waals surface area contributed by atoms with Gasteiger partial charge in [0.2, 0.25) is 5.91 Å². The summed E-state index contributed by atoms with van der Waals surface area (Å²) in [6.45, 7) is 4.11. The number of amides is 1. The van der Waals surface area contributed by atoms with Crippen LogP contribution in [0.1, 0.15) is 43.9 Å². The van der Waals surface area contributed by atoms with E-state index in [1.54, 1.807) is 12.4 Å². The highest BCUT2D eigenvalue weighted by Crippen LogP contribution is 2.39. The standard InChI is InChI=1S/C19H22N2O2/c1-19(2)12-16(15-7-3-4-8-17(15)23-19)21-18(22)10-9-14-6-5-11-20-13-14/h3-8,11,13,16H,9-10,12H2,1-2H3,(H,21,22)/t16-/m0/s1. The molecular weight excluding hydrogens is 288 g/mol. The van der Waals surface area contributed by atoms with Gasteiger partial charge in [-0.05, 0) is 38.0 Å². The molecule has 23 heavy (non-hydrogen) atoms. The number of para-hydroxylation sites is 1. The van der Waals surface area contributed by atoms with Crippen LogP contribution in [0.5, 0.6) is 5.75 Å². The average molecular weight is 310 g/mol. The molecule has 0 saturated heterocycles. The van der Waals surface area contributed by atoms with Gasteiger partial charge in [-0.15, -0.1) is 0 Å². The summed E-state index contributed by atoms with van der Waals surface area (Å²) < 4.78 is 6.00. The number of rotatable bonds is 4. The third kappa shape index (κ3) is 3.89. The number of ether oxygens (including phenoxy) is 1. The summed E-state index contributed by atoms with van der Waals surface area (Å²) in [7, 11) is 0. The molecular formula is C19H22N2O2. The minimum atomic E-state index is -0.282. The van der Waals surface area contributed by atoms with E-state index in [9.17, 15) is 4.79 Å². The van der Waals surface area contributed by atoms with E-state index in [0.717, 1.165) is 23.3 Å². The van der Waals surface area contributed by atoms with Crippen LogP contribution in [0.15, 0.2) is 48.8 Å². The van der Waals surface area contributed by atoms with Gasteiger partial charge in [0.1, 0.15) is 11.4 Å². The van der Waals surface area contributed by atoms with E-state index in [4.69, 9.17) is 4.74 Å². The zero-order valence-electron chi connectivity index (χ0n) is 13.6. The van der Waals surface area contributed by atoms with Gasteiger partial charge in [-0.2, -0.15) is 0 Å². The molecule has 1 amide bonds. The molecule has 1 aliphatic rings. The monoisotopic (exact) mass is 310 g/mol. The Kier molecular flexibility index (Phi) is 4.33. The maximum Gasteiger partial charge on any atom is 0.220 e. The Morgan fingerprint density at radius 1 is 1.30 bits per heavy atom. The van der Waals surface area contributed by atoms with Crippen molar-refractivity contribution in [2.75, 3.05) is 0 Å². The van der Waals surface area contributed by atoms with Crippen molar-refractivity contribution in [3.05, 3.63) is 59.9 Å². The van der Waals surface area contributed by atoms with Crippen molar-refractivity contribution < 1.29 is 9.53 Å². The van der Waals surface area contributed by atoms with Crippen LogP contribution >= 0.6 is 0 Å². The molecule has 0 bridgehead atoms. The third-order valence-corrected chi connectivity index (χ3v) is 4.08. The van der Waals surface area contributed by atoms with E-state index in [1.165, 1.54) is 0 Å². The number of benzene rings is 1. The van der Waals surface area contributed by atoms with Crippen LogP contribution in [0.3, 0.4) is 0 Å². The normalized spacial score (nSPS) is 18.6. The highest BCUT2D eigenvalue weighted by molar-refractivity contribution is 5.77. The number of aromatic nitrogens is 1. The third-order valence-electron chi connectivity index (χ3n) is 4.08. The summed E-state index contributed by atoms with van der Waals surface area (Å²) in [6, 6.07) is 11.8. The highest BCUT2D eigenvalue weighted by Gasteiger charge is 2.34. The molecule has 0 radical (unpaired) electrons. The van der Waals surface area contributed by atoms with Gasteiger partial charge in [-0.25, -0.2) is 0 Å². The summed E-state index contributed by atoms with van der Waals surface area (Å²) in [6.07, 6.45) is 5.48. The maximum absolute atomic E-state index is 12.3. The number of fused-ring (bicyclic) bond motifs is 1. The van der Waals surface area contributed by atoms with Gasteiger partial charge in [0.25, 0.3) is 0 Å². The fourth-order valence-corrected chi connectivity index (χ4v) is 3.00. The zero-order valence-corrected chi connectivity index (χ0v) is 13.6. The number of pyridine rings is 1. The second kappa shape index (κ2) is 6.41. The molecule has 0 saturated carbocycles. The second-order valence-corrected chi connectivity index (χ2v) is 6.59. The molecule has 0 spiro atoms. The van der Waals surface area contributed by atoms with Crippen LogP contribution < -0.4 is 10.1 Å². The predicted octanol–water partition coefficient (Wildman–Crippen LogP) is 3.43. The summed E-state index contributed by atoms with van der Waals surface area (Å²) in [5.74, 6) is 0.924. The minimum Gasteiger partial charge on any atom is -0.487 e. The van der Waals surface area contributed by atoms with Crippen molar-refractivity contribution in [3.63, 3.8) is 0 Å². The molecule has 4 heteroatoms. The number of aryl methyl sites for hydroxylation is 1. The van der Waals surface area contributed by atoms with Crippen LogP contribution in [-0.4, -0.2) is 16.5 Å². The molecule has 2 aromatic rings. The molecule has 2 heterocycles. The number of hydrogen-bond donors (Lipinski definition) is 1. The van der Waals surface area contributed by atoms with Crippen molar-refractivity contribution in [2.45, 2.75) is 44.8 Å². The maximum atomic E-state index is 12.3. The Hall–Kier alpha value is -2.36. The van der Waals surface area contributed by atoms with Gasteiger partial charge in [-0.3, -0.25) is 9.78 Å². The number of hydrogen-bond acceptors (Lipinski definition) is 3. The minimum absolute atomic E-state index is 0.00338. The van der Waals surface area contributed by atoms with Gasteiger partial charge in [0, 0.05) is 30.8 Å². The predicted molar refractivity (Wildman–Crippen MR) is 89.2 cm³/mol. The van der Waals surface area contributed by atoms with E-state index < -0.39 is 0 Å². The number of carbonyl (C=O) groups is 1. The first-order valence-electron chi connectivity index (χ1n) is 8.00. The Balaban J connectivity index is 1.66. The molecule has 0 aliphatic carbocycles. The molecule has 1 aromatic heterocycles. The molecule has 1 N–H and O–H groups in total. The van der Waals surface area contributed by atoms with Gasteiger partial charge in [-0.1, -0.05) is 24.3 Å². The van der Waals surface area contributed by atoms with Crippen molar-refractivity contribution in [1.82, 2.24) is 10.3 Å². The second-order valence-electron chi connectivity index (χ2n) is 6.59. The quantitative estimate of drug-likeness (QED) is 0.941. The van der Waals surface area contributed by atoms with Crippen molar-refractivity contribution in [1.29, 1.82) is 0 Å². The van der Waals surface area contributed by atoms with Crippen LogP contribution in [0, 0.1) is 0 Å². The number of nitrogens with one attached hydrogen (secondary N) is 1. The molecule has 1 atom stereocenters. The van der Waals surface area contributed by atoms with Gasteiger partial charge in [0.05, 0.1) is 6.04 Å². The zero-order chi connectivity index (χ0) is 16.3. The summed E-state index contributed by atoms with van der Waals surface area (Å²) >= 11 is 0. The van der Waals surface area contributed by atoms with E-state index in [2.05, 4.69) is 24.1 Å². The largest absolute Gasteiger partial charge is 0.487 e. The topological polar surface area (TPSA) is 51.2 Å². The van der Waals surface area contributed by atoms with Crippen LogP contribution in [0.2, 0.25) is 0 Å². The first kappa shape index (κ1) is 15.5. The van der Waals surface area contributed by atoms with Gasteiger partial charge < -0.3 is 10.1 Å². The van der Waals surface area contributed by atoms with E-state index >= 15 is 0 Å². The first-order chi connectivity index (χ1) is 11.0. The summed E-state index contributed by atoms with van der Waals surface area (Å²) in [4.78, 5) is 16.4. The van der Waals surface area contributed by atoms with E-state index in [1.807, 2.05) is 36.4 Å². The van der Waals surface area contributed by atoms with Crippen molar-refractivity contribution in [2.24, 2.45) is 0 Å². The van der Waals surface area contributed by atoms with Gasteiger partial charge >= 0.3 is 0 Å². The van der Waals surface area contributed by atoms with Crippen molar-refractivity contribution in [3.8, 4) is 5.75 Å². The number of nitrogens with zero attached hydrogens (tertiary/aromatic N) is 1. The van der Waals surface area contributed by atoms with Crippen LogP contribution in [-0.2, 0) is 11.2 Å². The lowest BCUT2D eigenvalue weighted by molar-refractivity contribution is -0.122. The molecule has 0 fully saturated rings. The first-order valence-corrected chi connectivity index (χ1v) is 8.00. The Morgan fingerprint density at radius 2 is 2.13 bits per heavy atom. The van der Waals surface area contributed by atoms with Crippen LogP contribution in [0.25, 0.3) is 0 Å². The lowest BCUT2D eigenvalue weighted by Gasteiger charge is -2.37. The molecule has 0 unspecified atom stereocenters. The SMILES string of the molecule is CC1(C)C[C@H](NC(=O)CCc2cccnc2)c2ccccc2O1. The molecule has 3 rings (SSSR count). The Morgan fingerprint density at radius 3 is 2.91 bits per heavy atom. The summed E-state index contributed by atoms with van der Waals surface area (Å²) in [5.41, 5.74) is 1.85. The van der Waals surface area contributed by atoms with E-state index in [0.29, 0.717) is 12.8 Å². The summed E-state index contributed by atoms with van der Waals surface area (Å²) in [5, 5.41) is 3.16. The Bertz CT molecular complexity index is 683. The lowest BCUT2D eigenvalue weighted by Crippen LogP contribution is -2.41. The van der Waals surface area contributed by atoms with Crippen LogP contribution in [0.4, 0.5) is 0 Å². The smallest absolute Gasteiger partial charge is 0.220 e.